The van der Waals surface area contributed by atoms with Gasteiger partial charge in [-0.05, 0) is 37.1 Å². The molecule has 8 nitrogen and oxygen atoms in total. The summed E-state index contributed by atoms with van der Waals surface area (Å²) < 4.78 is 10.5. The molecule has 0 aliphatic rings. The van der Waals surface area contributed by atoms with Crippen LogP contribution in [0.2, 0.25) is 0 Å². The molecule has 0 radical (unpaired) electrons. The number of aromatic carboxylic acids is 2. The molecule has 0 saturated heterocycles. The highest BCUT2D eigenvalue weighted by molar-refractivity contribution is 6.03. The van der Waals surface area contributed by atoms with Gasteiger partial charge in [0, 0.05) is 0 Å². The van der Waals surface area contributed by atoms with Gasteiger partial charge in [-0.3, -0.25) is 0 Å². The zero-order valence-electron chi connectivity index (χ0n) is 21.0. The number of ether oxygens (including phenoxy) is 2. The summed E-state index contributed by atoms with van der Waals surface area (Å²) in [6, 6.07) is 12.1. The molecule has 0 saturated carbocycles. The molecule has 36 heavy (non-hydrogen) atoms. The Morgan fingerprint density at radius 1 is 0.556 bits per heavy atom. The summed E-state index contributed by atoms with van der Waals surface area (Å²) >= 11 is 0. The molecule has 0 heterocycles. The van der Waals surface area contributed by atoms with Crippen molar-refractivity contribution < 1.29 is 38.9 Å². The lowest BCUT2D eigenvalue weighted by molar-refractivity contribution is 0.0451. The molecule has 0 unspecified atom stereocenters. The molecule has 0 atom stereocenters. The maximum Gasteiger partial charge on any atom is 0.339 e. The highest BCUT2D eigenvalue weighted by Gasteiger charge is 2.18. The number of carbonyl (C=O) groups excluding carboxylic acids is 2. The first-order valence-corrected chi connectivity index (χ1v) is 12.3. The first kappa shape index (κ1) is 30.4. The van der Waals surface area contributed by atoms with E-state index < -0.39 is 23.9 Å². The summed E-state index contributed by atoms with van der Waals surface area (Å²) in [6.45, 7) is 4.98. The second-order valence-corrected chi connectivity index (χ2v) is 8.09. The van der Waals surface area contributed by atoms with E-state index in [0.717, 1.165) is 25.7 Å². The zero-order chi connectivity index (χ0) is 26.8. The van der Waals surface area contributed by atoms with E-state index in [-0.39, 0.29) is 22.3 Å². The Hall–Kier alpha value is -3.68. The van der Waals surface area contributed by atoms with Crippen LogP contribution in [0.15, 0.2) is 48.5 Å². The van der Waals surface area contributed by atoms with E-state index in [1.165, 1.54) is 49.9 Å². The predicted octanol–water partition coefficient (Wildman–Crippen LogP) is 6.24. The van der Waals surface area contributed by atoms with E-state index >= 15 is 0 Å². The average Bonchev–Trinajstić information content (AvgIpc) is 2.88. The number of carbonyl (C=O) groups is 4. The number of carboxylic acid groups (broad SMARTS) is 2. The van der Waals surface area contributed by atoms with Crippen LogP contribution in [0.25, 0.3) is 0 Å². The summed E-state index contributed by atoms with van der Waals surface area (Å²) in [5.74, 6) is -3.37. The van der Waals surface area contributed by atoms with Gasteiger partial charge in [0.1, 0.15) is 0 Å². The van der Waals surface area contributed by atoms with Crippen molar-refractivity contribution in [3.05, 3.63) is 70.8 Å². The minimum atomic E-state index is -1.23. The molecule has 2 aromatic rings. The lowest BCUT2D eigenvalue weighted by Crippen LogP contribution is -2.15. The van der Waals surface area contributed by atoms with Crippen molar-refractivity contribution in [1.29, 1.82) is 0 Å². The quantitative estimate of drug-likeness (QED) is 0.230. The fourth-order valence-corrected chi connectivity index (χ4v) is 3.21. The second-order valence-electron chi connectivity index (χ2n) is 8.09. The lowest BCUT2D eigenvalue weighted by Gasteiger charge is -2.09. The first-order chi connectivity index (χ1) is 17.3. The fourth-order valence-electron chi connectivity index (χ4n) is 3.21. The molecule has 2 aromatic carbocycles. The van der Waals surface area contributed by atoms with Crippen LogP contribution >= 0.6 is 0 Å². The summed E-state index contributed by atoms with van der Waals surface area (Å²) in [4.78, 5) is 45.2. The van der Waals surface area contributed by atoms with Crippen molar-refractivity contribution in [1.82, 2.24) is 0 Å². The van der Waals surface area contributed by atoms with Crippen molar-refractivity contribution in [2.75, 3.05) is 13.2 Å². The fraction of sp³-hybridized carbons (Fsp3) is 0.429. The Morgan fingerprint density at radius 3 is 1.33 bits per heavy atom. The minimum Gasteiger partial charge on any atom is -0.478 e. The number of rotatable bonds is 14. The van der Waals surface area contributed by atoms with Gasteiger partial charge in [0.15, 0.2) is 0 Å². The minimum absolute atomic E-state index is 0.190. The van der Waals surface area contributed by atoms with Gasteiger partial charge in [-0.15, -0.1) is 0 Å². The smallest absolute Gasteiger partial charge is 0.339 e. The lowest BCUT2D eigenvalue weighted by atomic mass is 10.1. The highest BCUT2D eigenvalue weighted by Crippen LogP contribution is 2.13. The van der Waals surface area contributed by atoms with Gasteiger partial charge >= 0.3 is 23.9 Å². The number of benzene rings is 2. The van der Waals surface area contributed by atoms with E-state index in [0.29, 0.717) is 13.2 Å². The number of unbranched alkanes of at least 4 members (excludes halogenated alkanes) is 6. The Bertz CT molecular complexity index is 950. The maximum absolute atomic E-state index is 12.2. The zero-order valence-corrected chi connectivity index (χ0v) is 21.0. The average molecular weight is 501 g/mol. The Labute approximate surface area is 212 Å². The SMILES string of the molecule is CCCCCCCCOC(=O)c1ccccc1C(=O)OCCCC.O=C(O)c1ccccc1C(=O)O. The second kappa shape index (κ2) is 17.7. The summed E-state index contributed by atoms with van der Waals surface area (Å²) in [5, 5.41) is 17.1. The van der Waals surface area contributed by atoms with Crippen LogP contribution in [0.3, 0.4) is 0 Å². The molecule has 2 N–H and O–H groups in total. The molecule has 0 bridgehead atoms. The third-order valence-electron chi connectivity index (χ3n) is 5.22. The molecule has 0 aromatic heterocycles. The van der Waals surface area contributed by atoms with Crippen molar-refractivity contribution in [3.8, 4) is 0 Å². The largest absolute Gasteiger partial charge is 0.478 e. The van der Waals surface area contributed by atoms with Gasteiger partial charge in [0.2, 0.25) is 0 Å². The Balaban J connectivity index is 0.000000450. The molecule has 0 aliphatic carbocycles. The number of carboxylic acids is 2. The van der Waals surface area contributed by atoms with Crippen molar-refractivity contribution in [3.63, 3.8) is 0 Å². The summed E-state index contributed by atoms with van der Waals surface area (Å²) in [7, 11) is 0. The van der Waals surface area contributed by atoms with Crippen molar-refractivity contribution in [2.45, 2.75) is 65.2 Å². The summed E-state index contributed by atoms with van der Waals surface area (Å²) in [5.41, 5.74) is 0.182. The van der Waals surface area contributed by atoms with Gasteiger partial charge in [-0.2, -0.15) is 0 Å². The van der Waals surface area contributed by atoms with Crippen LogP contribution in [0.1, 0.15) is 107 Å². The van der Waals surface area contributed by atoms with Gasteiger partial charge in [0.05, 0.1) is 35.5 Å². The van der Waals surface area contributed by atoms with Crippen LogP contribution in [0.4, 0.5) is 0 Å². The van der Waals surface area contributed by atoms with Gasteiger partial charge in [0.25, 0.3) is 0 Å². The monoisotopic (exact) mass is 500 g/mol. The third kappa shape index (κ3) is 11.2. The number of hydrogen-bond donors (Lipinski definition) is 2. The van der Waals surface area contributed by atoms with Crippen LogP contribution in [0.5, 0.6) is 0 Å². The molecule has 196 valence electrons. The maximum atomic E-state index is 12.2. The van der Waals surface area contributed by atoms with Crippen LogP contribution in [0, 0.1) is 0 Å². The Morgan fingerprint density at radius 2 is 0.917 bits per heavy atom. The van der Waals surface area contributed by atoms with E-state index in [4.69, 9.17) is 19.7 Å². The molecule has 0 fully saturated rings. The molecule has 0 spiro atoms. The van der Waals surface area contributed by atoms with Crippen LogP contribution < -0.4 is 0 Å². The molecule has 0 amide bonds. The van der Waals surface area contributed by atoms with E-state index in [1.54, 1.807) is 24.3 Å². The van der Waals surface area contributed by atoms with Gasteiger partial charge < -0.3 is 19.7 Å². The highest BCUT2D eigenvalue weighted by atomic mass is 16.5. The number of hydrogen-bond acceptors (Lipinski definition) is 6. The van der Waals surface area contributed by atoms with E-state index in [9.17, 15) is 19.2 Å². The molecular formula is C28H36O8. The summed E-state index contributed by atoms with van der Waals surface area (Å²) in [6.07, 6.45) is 8.58. The van der Waals surface area contributed by atoms with Crippen LogP contribution in [-0.2, 0) is 9.47 Å². The predicted molar refractivity (Wildman–Crippen MR) is 136 cm³/mol. The molecule has 0 aliphatic heterocycles. The Kier molecular flexibility index (Phi) is 14.9. The van der Waals surface area contributed by atoms with Gasteiger partial charge in [-0.25, -0.2) is 19.2 Å². The van der Waals surface area contributed by atoms with E-state index in [2.05, 4.69) is 6.92 Å². The first-order valence-electron chi connectivity index (χ1n) is 12.3. The third-order valence-corrected chi connectivity index (χ3v) is 5.22. The van der Waals surface area contributed by atoms with E-state index in [1.807, 2.05) is 6.92 Å². The molecular weight excluding hydrogens is 464 g/mol. The van der Waals surface area contributed by atoms with Gasteiger partial charge in [-0.1, -0.05) is 76.6 Å². The number of esters is 2. The standard InChI is InChI=1S/C20H30O4.C8H6O4/c1-3-5-7-8-9-12-16-24-20(22)18-14-11-10-13-17(18)19(21)23-15-6-4-2;9-7(10)5-3-1-2-4-6(5)8(11)12/h10-11,13-14H,3-9,12,15-16H2,1-2H3;1-4H,(H,9,10)(H,11,12). The van der Waals surface area contributed by atoms with Crippen LogP contribution in [-0.4, -0.2) is 47.3 Å². The molecule has 2 rings (SSSR count). The topological polar surface area (TPSA) is 127 Å². The normalized spacial score (nSPS) is 10.1. The molecule has 8 heteroatoms. The van der Waals surface area contributed by atoms with Crippen molar-refractivity contribution in [2.24, 2.45) is 0 Å². The van der Waals surface area contributed by atoms with Crippen molar-refractivity contribution >= 4 is 23.9 Å².